The van der Waals surface area contributed by atoms with Crippen LogP contribution in [0, 0.1) is 0 Å². The van der Waals surface area contributed by atoms with Crippen LogP contribution in [0.1, 0.15) is 26.7 Å². The van der Waals surface area contributed by atoms with Gasteiger partial charge in [-0.05, 0) is 25.5 Å². The van der Waals surface area contributed by atoms with Crippen molar-refractivity contribution in [2.24, 2.45) is 5.73 Å². The Labute approximate surface area is 128 Å². The zero-order chi connectivity index (χ0) is 15.3. The molecule has 1 atom stereocenters. The Morgan fingerprint density at radius 1 is 1.24 bits per heavy atom. The van der Waals surface area contributed by atoms with E-state index in [0.29, 0.717) is 0 Å². The standard InChI is InChI=1S/C17H29N3O/c1-4-8-17(2,18)14-19-9-11-20(12-10-19)15-6-5-7-16(13-15)21-3/h5-7,13H,4,8-12,14,18H2,1-3H3. The number of anilines is 1. The monoisotopic (exact) mass is 291 g/mol. The molecule has 21 heavy (non-hydrogen) atoms. The number of nitrogens with zero attached hydrogens (tertiary/aromatic N) is 2. The first-order chi connectivity index (χ1) is 10.0. The van der Waals surface area contributed by atoms with Crippen molar-refractivity contribution in [3.63, 3.8) is 0 Å². The van der Waals surface area contributed by atoms with Gasteiger partial charge in [0.1, 0.15) is 5.75 Å². The molecule has 1 unspecified atom stereocenters. The third-order valence-electron chi connectivity index (χ3n) is 4.20. The molecule has 1 aliphatic rings. The summed E-state index contributed by atoms with van der Waals surface area (Å²) in [4.78, 5) is 4.92. The Morgan fingerprint density at radius 3 is 2.57 bits per heavy atom. The fourth-order valence-corrected chi connectivity index (χ4v) is 3.13. The molecule has 0 amide bonds. The third kappa shape index (κ3) is 4.61. The number of hydrogen-bond donors (Lipinski definition) is 1. The Kier molecular flexibility index (Phi) is 5.48. The lowest BCUT2D eigenvalue weighted by atomic mass is 9.96. The van der Waals surface area contributed by atoms with Crippen molar-refractivity contribution in [3.05, 3.63) is 24.3 Å². The molecule has 4 heteroatoms. The molecule has 0 bridgehead atoms. The molecule has 0 aliphatic carbocycles. The molecule has 1 saturated heterocycles. The van der Waals surface area contributed by atoms with E-state index in [1.807, 2.05) is 6.07 Å². The van der Waals surface area contributed by atoms with Crippen molar-refractivity contribution in [3.8, 4) is 5.75 Å². The van der Waals surface area contributed by atoms with Crippen molar-refractivity contribution >= 4 is 5.69 Å². The summed E-state index contributed by atoms with van der Waals surface area (Å²) in [6.45, 7) is 9.62. The van der Waals surface area contributed by atoms with Gasteiger partial charge in [-0.2, -0.15) is 0 Å². The van der Waals surface area contributed by atoms with Crippen LogP contribution in [0.3, 0.4) is 0 Å². The topological polar surface area (TPSA) is 41.7 Å². The predicted molar refractivity (Wildman–Crippen MR) is 89.1 cm³/mol. The van der Waals surface area contributed by atoms with Crippen LogP contribution < -0.4 is 15.4 Å². The number of rotatable bonds is 6. The molecule has 2 rings (SSSR count). The minimum atomic E-state index is -0.0626. The SMILES string of the molecule is CCCC(C)(N)CN1CCN(c2cccc(OC)c2)CC1. The van der Waals surface area contributed by atoms with Gasteiger partial charge >= 0.3 is 0 Å². The van der Waals surface area contributed by atoms with Gasteiger partial charge in [-0.1, -0.05) is 19.4 Å². The average Bonchev–Trinajstić information content (AvgIpc) is 2.47. The number of ether oxygens (including phenoxy) is 1. The Balaban J connectivity index is 1.88. The van der Waals surface area contributed by atoms with Crippen molar-refractivity contribution in [1.82, 2.24) is 4.90 Å². The normalized spacial score (nSPS) is 19.3. The lowest BCUT2D eigenvalue weighted by molar-refractivity contribution is 0.199. The summed E-state index contributed by atoms with van der Waals surface area (Å²) < 4.78 is 5.31. The number of nitrogens with two attached hydrogens (primary N) is 1. The van der Waals surface area contributed by atoms with E-state index in [2.05, 4.69) is 41.8 Å². The maximum absolute atomic E-state index is 6.37. The fourth-order valence-electron chi connectivity index (χ4n) is 3.13. The summed E-state index contributed by atoms with van der Waals surface area (Å²) in [7, 11) is 1.72. The van der Waals surface area contributed by atoms with Gasteiger partial charge in [0.05, 0.1) is 7.11 Å². The molecule has 1 aliphatic heterocycles. The van der Waals surface area contributed by atoms with E-state index in [1.54, 1.807) is 7.11 Å². The zero-order valence-corrected chi connectivity index (χ0v) is 13.6. The van der Waals surface area contributed by atoms with Gasteiger partial charge in [0, 0.05) is 50.0 Å². The van der Waals surface area contributed by atoms with Gasteiger partial charge in [-0.3, -0.25) is 4.90 Å². The van der Waals surface area contributed by atoms with Crippen LogP contribution in [0.4, 0.5) is 5.69 Å². The molecule has 1 heterocycles. The summed E-state index contributed by atoms with van der Waals surface area (Å²) >= 11 is 0. The van der Waals surface area contributed by atoms with E-state index in [1.165, 1.54) is 5.69 Å². The molecule has 1 aromatic rings. The van der Waals surface area contributed by atoms with Crippen molar-refractivity contribution in [1.29, 1.82) is 0 Å². The predicted octanol–water partition coefficient (Wildman–Crippen LogP) is 2.33. The summed E-state index contributed by atoms with van der Waals surface area (Å²) in [5.41, 5.74) is 7.56. The van der Waals surface area contributed by atoms with Gasteiger partial charge in [-0.15, -0.1) is 0 Å². The van der Waals surface area contributed by atoms with Gasteiger partial charge in [0.15, 0.2) is 0 Å². The first kappa shape index (κ1) is 16.1. The van der Waals surface area contributed by atoms with Crippen molar-refractivity contribution in [2.75, 3.05) is 44.7 Å². The van der Waals surface area contributed by atoms with Crippen LogP contribution >= 0.6 is 0 Å². The van der Waals surface area contributed by atoms with E-state index < -0.39 is 0 Å². The summed E-state index contributed by atoms with van der Waals surface area (Å²) in [5.74, 6) is 0.924. The second-order valence-corrected chi connectivity index (χ2v) is 6.37. The lowest BCUT2D eigenvalue weighted by Gasteiger charge is -2.39. The smallest absolute Gasteiger partial charge is 0.120 e. The minimum Gasteiger partial charge on any atom is -0.497 e. The summed E-state index contributed by atoms with van der Waals surface area (Å²) in [6, 6.07) is 8.31. The van der Waals surface area contributed by atoms with Crippen molar-refractivity contribution < 1.29 is 4.74 Å². The molecular weight excluding hydrogens is 262 g/mol. The molecule has 118 valence electrons. The second kappa shape index (κ2) is 7.14. The lowest BCUT2D eigenvalue weighted by Crippen LogP contribution is -2.54. The highest BCUT2D eigenvalue weighted by Crippen LogP contribution is 2.22. The van der Waals surface area contributed by atoms with Crippen LogP contribution in [0.5, 0.6) is 5.75 Å². The minimum absolute atomic E-state index is 0.0626. The Morgan fingerprint density at radius 2 is 1.95 bits per heavy atom. The molecule has 2 N–H and O–H groups in total. The van der Waals surface area contributed by atoms with Crippen LogP contribution in [-0.2, 0) is 0 Å². The van der Waals surface area contributed by atoms with E-state index in [0.717, 1.165) is 51.3 Å². The first-order valence-corrected chi connectivity index (χ1v) is 7.94. The quantitative estimate of drug-likeness (QED) is 0.873. The van der Waals surface area contributed by atoms with Crippen LogP contribution in [0.2, 0.25) is 0 Å². The second-order valence-electron chi connectivity index (χ2n) is 6.37. The molecular formula is C17H29N3O. The number of methoxy groups -OCH3 is 1. The maximum atomic E-state index is 6.37. The molecule has 0 radical (unpaired) electrons. The van der Waals surface area contributed by atoms with Crippen LogP contribution in [0.25, 0.3) is 0 Å². The molecule has 1 fully saturated rings. The summed E-state index contributed by atoms with van der Waals surface area (Å²) in [5, 5.41) is 0. The fraction of sp³-hybridized carbons (Fsp3) is 0.647. The van der Waals surface area contributed by atoms with Gasteiger partial charge in [-0.25, -0.2) is 0 Å². The number of piperazine rings is 1. The highest BCUT2D eigenvalue weighted by molar-refractivity contribution is 5.51. The van der Waals surface area contributed by atoms with Gasteiger partial charge < -0.3 is 15.4 Å². The van der Waals surface area contributed by atoms with Crippen LogP contribution in [-0.4, -0.2) is 50.3 Å². The average molecular weight is 291 g/mol. The third-order valence-corrected chi connectivity index (χ3v) is 4.20. The van der Waals surface area contributed by atoms with Crippen molar-refractivity contribution in [2.45, 2.75) is 32.2 Å². The van der Waals surface area contributed by atoms with Gasteiger partial charge in [0.2, 0.25) is 0 Å². The summed E-state index contributed by atoms with van der Waals surface area (Å²) in [6.07, 6.45) is 2.24. The molecule has 1 aromatic carbocycles. The van der Waals surface area contributed by atoms with E-state index in [-0.39, 0.29) is 5.54 Å². The molecule has 0 aromatic heterocycles. The highest BCUT2D eigenvalue weighted by atomic mass is 16.5. The number of hydrogen-bond acceptors (Lipinski definition) is 4. The molecule has 0 spiro atoms. The van der Waals surface area contributed by atoms with E-state index in [9.17, 15) is 0 Å². The van der Waals surface area contributed by atoms with E-state index >= 15 is 0 Å². The zero-order valence-electron chi connectivity index (χ0n) is 13.6. The van der Waals surface area contributed by atoms with Crippen LogP contribution in [0.15, 0.2) is 24.3 Å². The Hall–Kier alpha value is -1.26. The number of benzene rings is 1. The Bertz CT molecular complexity index is 439. The molecule has 4 nitrogen and oxygen atoms in total. The molecule has 0 saturated carbocycles. The van der Waals surface area contributed by atoms with Gasteiger partial charge in [0.25, 0.3) is 0 Å². The maximum Gasteiger partial charge on any atom is 0.120 e. The highest BCUT2D eigenvalue weighted by Gasteiger charge is 2.24. The first-order valence-electron chi connectivity index (χ1n) is 7.94. The van der Waals surface area contributed by atoms with E-state index in [4.69, 9.17) is 10.5 Å². The largest absolute Gasteiger partial charge is 0.497 e.